The van der Waals surface area contributed by atoms with E-state index in [0.717, 1.165) is 28.1 Å². The molecule has 1 heterocycles. The Kier molecular flexibility index (Phi) is 4.23. The van der Waals surface area contributed by atoms with Gasteiger partial charge in [0.15, 0.2) is 0 Å². The van der Waals surface area contributed by atoms with E-state index in [-0.39, 0.29) is 11.8 Å². The van der Waals surface area contributed by atoms with Crippen LogP contribution in [-0.2, 0) is 11.2 Å². The average molecular weight is 342 g/mol. The molecule has 0 fully saturated rings. The second-order valence-electron chi connectivity index (χ2n) is 6.29. The minimum atomic E-state index is -0.149. The van der Waals surface area contributed by atoms with E-state index in [0.29, 0.717) is 18.4 Å². The molecule has 2 amide bonds. The molecule has 0 aromatic heterocycles. The maximum atomic E-state index is 12.8. The van der Waals surface area contributed by atoms with Crippen molar-refractivity contribution < 1.29 is 9.59 Å². The van der Waals surface area contributed by atoms with E-state index in [1.807, 2.05) is 72.8 Å². The molecule has 26 heavy (non-hydrogen) atoms. The molecule has 0 aliphatic carbocycles. The van der Waals surface area contributed by atoms with Gasteiger partial charge in [-0.25, -0.2) is 0 Å². The van der Waals surface area contributed by atoms with Crippen LogP contribution in [0.1, 0.15) is 22.3 Å². The van der Waals surface area contributed by atoms with Crippen LogP contribution in [0, 0.1) is 0 Å². The summed E-state index contributed by atoms with van der Waals surface area (Å²) in [5, 5.41) is 5.83. The number of rotatable bonds is 3. The van der Waals surface area contributed by atoms with Crippen molar-refractivity contribution in [1.82, 2.24) is 0 Å². The third-order valence-electron chi connectivity index (χ3n) is 4.52. The molecule has 0 saturated heterocycles. The molecule has 3 aromatic rings. The summed E-state index contributed by atoms with van der Waals surface area (Å²) in [4.78, 5) is 24.3. The lowest BCUT2D eigenvalue weighted by atomic mass is 9.99. The summed E-state index contributed by atoms with van der Waals surface area (Å²) in [5.74, 6) is -0.115. The van der Waals surface area contributed by atoms with Gasteiger partial charge in [-0.15, -0.1) is 0 Å². The molecule has 0 unspecified atom stereocenters. The fourth-order valence-corrected chi connectivity index (χ4v) is 3.21. The first-order valence-electron chi connectivity index (χ1n) is 8.59. The summed E-state index contributed by atoms with van der Waals surface area (Å²) in [5.41, 5.74) is 5.13. The van der Waals surface area contributed by atoms with Gasteiger partial charge in [-0.3, -0.25) is 9.59 Å². The molecule has 1 aliphatic heterocycles. The van der Waals surface area contributed by atoms with Crippen molar-refractivity contribution in [2.75, 3.05) is 10.6 Å². The Morgan fingerprint density at radius 2 is 1.65 bits per heavy atom. The number of amides is 2. The maximum Gasteiger partial charge on any atom is 0.256 e. The van der Waals surface area contributed by atoms with Crippen LogP contribution in [-0.4, -0.2) is 11.8 Å². The van der Waals surface area contributed by atoms with E-state index in [2.05, 4.69) is 10.6 Å². The molecule has 0 spiro atoms. The molecule has 0 bridgehead atoms. The van der Waals surface area contributed by atoms with Crippen molar-refractivity contribution in [3.63, 3.8) is 0 Å². The van der Waals surface area contributed by atoms with Gasteiger partial charge in [-0.1, -0.05) is 48.5 Å². The van der Waals surface area contributed by atoms with Crippen molar-refractivity contribution >= 4 is 23.2 Å². The molecule has 128 valence electrons. The standard InChI is InChI=1S/C22H18N2O2/c25-21-13-10-16-14-17(11-12-20(16)24-21)23-22(26)19-9-5-4-8-18(19)15-6-2-1-3-7-15/h1-9,11-12,14H,10,13H2,(H,23,26)(H,24,25). The molecule has 0 atom stereocenters. The summed E-state index contributed by atoms with van der Waals surface area (Å²) in [7, 11) is 0. The van der Waals surface area contributed by atoms with Crippen molar-refractivity contribution in [3.8, 4) is 11.1 Å². The smallest absolute Gasteiger partial charge is 0.256 e. The summed E-state index contributed by atoms with van der Waals surface area (Å²) in [6.45, 7) is 0. The van der Waals surface area contributed by atoms with Crippen molar-refractivity contribution in [1.29, 1.82) is 0 Å². The molecule has 3 aromatic carbocycles. The van der Waals surface area contributed by atoms with E-state index in [1.165, 1.54) is 0 Å². The highest BCUT2D eigenvalue weighted by Crippen LogP contribution is 2.27. The first-order chi connectivity index (χ1) is 12.7. The van der Waals surface area contributed by atoms with Gasteiger partial charge < -0.3 is 10.6 Å². The number of anilines is 2. The second kappa shape index (κ2) is 6.84. The van der Waals surface area contributed by atoms with Crippen LogP contribution in [0.25, 0.3) is 11.1 Å². The van der Waals surface area contributed by atoms with Crippen LogP contribution in [0.15, 0.2) is 72.8 Å². The van der Waals surface area contributed by atoms with E-state index in [4.69, 9.17) is 0 Å². The molecule has 0 radical (unpaired) electrons. The zero-order valence-electron chi connectivity index (χ0n) is 14.2. The number of benzene rings is 3. The van der Waals surface area contributed by atoms with Crippen LogP contribution in [0.4, 0.5) is 11.4 Å². The highest BCUT2D eigenvalue weighted by molar-refractivity contribution is 6.09. The Balaban J connectivity index is 1.61. The van der Waals surface area contributed by atoms with Gasteiger partial charge in [0.05, 0.1) is 0 Å². The molecule has 1 aliphatic rings. The third-order valence-corrected chi connectivity index (χ3v) is 4.52. The molecule has 4 rings (SSSR count). The van der Waals surface area contributed by atoms with Crippen molar-refractivity contribution in [2.24, 2.45) is 0 Å². The monoisotopic (exact) mass is 342 g/mol. The molecule has 4 heteroatoms. The minimum Gasteiger partial charge on any atom is -0.326 e. The zero-order chi connectivity index (χ0) is 17.9. The summed E-state index contributed by atoms with van der Waals surface area (Å²) in [6.07, 6.45) is 1.16. The van der Waals surface area contributed by atoms with Crippen LogP contribution >= 0.6 is 0 Å². The number of hydrogen-bond donors (Lipinski definition) is 2. The van der Waals surface area contributed by atoms with E-state index >= 15 is 0 Å². The zero-order valence-corrected chi connectivity index (χ0v) is 14.2. The maximum absolute atomic E-state index is 12.8. The van der Waals surface area contributed by atoms with Crippen LogP contribution in [0.2, 0.25) is 0 Å². The van der Waals surface area contributed by atoms with E-state index in [9.17, 15) is 9.59 Å². The lowest BCUT2D eigenvalue weighted by molar-refractivity contribution is -0.116. The van der Waals surface area contributed by atoms with Crippen LogP contribution in [0.3, 0.4) is 0 Å². The van der Waals surface area contributed by atoms with Gasteiger partial charge in [0.2, 0.25) is 5.91 Å². The Morgan fingerprint density at radius 1 is 0.885 bits per heavy atom. The van der Waals surface area contributed by atoms with E-state index in [1.54, 1.807) is 0 Å². The number of aryl methyl sites for hydroxylation is 1. The average Bonchev–Trinajstić information content (AvgIpc) is 2.69. The van der Waals surface area contributed by atoms with Gasteiger partial charge in [-0.05, 0) is 47.4 Å². The normalized spacial score (nSPS) is 12.8. The van der Waals surface area contributed by atoms with Crippen molar-refractivity contribution in [3.05, 3.63) is 83.9 Å². The summed E-state index contributed by atoms with van der Waals surface area (Å²) < 4.78 is 0. The highest BCUT2D eigenvalue weighted by atomic mass is 16.2. The largest absolute Gasteiger partial charge is 0.326 e. The van der Waals surface area contributed by atoms with Crippen LogP contribution < -0.4 is 10.6 Å². The predicted molar refractivity (Wildman–Crippen MR) is 103 cm³/mol. The van der Waals surface area contributed by atoms with E-state index < -0.39 is 0 Å². The van der Waals surface area contributed by atoms with Gasteiger partial charge in [0.1, 0.15) is 0 Å². The van der Waals surface area contributed by atoms with Gasteiger partial charge in [0, 0.05) is 23.4 Å². The first kappa shape index (κ1) is 16.1. The second-order valence-corrected chi connectivity index (χ2v) is 6.29. The molecule has 0 saturated carbocycles. The number of carbonyl (C=O) groups excluding carboxylic acids is 2. The van der Waals surface area contributed by atoms with Gasteiger partial charge >= 0.3 is 0 Å². The molecule has 2 N–H and O–H groups in total. The SMILES string of the molecule is O=C1CCc2cc(NC(=O)c3ccccc3-c3ccccc3)ccc2N1. The Morgan fingerprint density at radius 3 is 2.50 bits per heavy atom. The third kappa shape index (κ3) is 3.22. The summed E-state index contributed by atoms with van der Waals surface area (Å²) >= 11 is 0. The lowest BCUT2D eigenvalue weighted by Gasteiger charge is -2.18. The number of carbonyl (C=O) groups is 2. The van der Waals surface area contributed by atoms with Gasteiger partial charge in [-0.2, -0.15) is 0 Å². The molecule has 4 nitrogen and oxygen atoms in total. The number of hydrogen-bond acceptors (Lipinski definition) is 2. The fourth-order valence-electron chi connectivity index (χ4n) is 3.21. The Bertz CT molecular complexity index is 980. The topological polar surface area (TPSA) is 58.2 Å². The Hall–Kier alpha value is -3.40. The Labute approximate surface area is 151 Å². The number of nitrogens with one attached hydrogen (secondary N) is 2. The van der Waals surface area contributed by atoms with Crippen molar-refractivity contribution in [2.45, 2.75) is 12.8 Å². The molecular formula is C22H18N2O2. The highest BCUT2D eigenvalue weighted by Gasteiger charge is 2.16. The van der Waals surface area contributed by atoms with Crippen LogP contribution in [0.5, 0.6) is 0 Å². The summed E-state index contributed by atoms with van der Waals surface area (Å²) in [6, 6.07) is 23.0. The minimum absolute atomic E-state index is 0.0334. The van der Waals surface area contributed by atoms with Gasteiger partial charge in [0.25, 0.3) is 5.91 Å². The fraction of sp³-hybridized carbons (Fsp3) is 0.0909. The predicted octanol–water partition coefficient (Wildman–Crippen LogP) is 4.49. The number of fused-ring (bicyclic) bond motifs is 1. The first-order valence-corrected chi connectivity index (χ1v) is 8.59. The quantitative estimate of drug-likeness (QED) is 0.737. The molecular weight excluding hydrogens is 324 g/mol. The lowest BCUT2D eigenvalue weighted by Crippen LogP contribution is -2.19.